The summed E-state index contributed by atoms with van der Waals surface area (Å²) < 4.78 is 120. The van der Waals surface area contributed by atoms with Crippen molar-refractivity contribution in [2.75, 3.05) is 56.0 Å². The lowest BCUT2D eigenvalue weighted by Crippen LogP contribution is -2.55. The fraction of sp³-hybridized carbons (Fsp3) is 0.397. The summed E-state index contributed by atoms with van der Waals surface area (Å²) in [4.78, 5) is 99.5. The van der Waals surface area contributed by atoms with Crippen LogP contribution in [0, 0.1) is 17.8 Å². The Hall–Kier alpha value is -11.0. The number of nitrogens with zero attached hydrogens (tertiary/aromatic N) is 9. The number of aromatic carboxylic acids is 1. The standard InChI is InChI=1S/C26H25F2N5O5S.C19H21F2N5O4S.C19H22N4O3S.C7H5F2NO3.2CH4/c1-25(2)10-16-12-36-24(32-20(34)15-6-4-3-5-7-15)33-26(16,14-37-25)22-31-19(13-39-22)30-21(35)18-9-8-17(11-29-18)38-23(27)28;1-18(2)5-10-7-28-17(22)26-19(10,9-29-18)15-25-13(8-31-15)24-14(27)12-4-3-11(6-23-12)30-16(20)21;1-18(2)8-13-9-25-17(22-15(24)12-6-4-3-5-7-12)23-19(13,11-26-18)16-21-14(20)10-27-16;8-7(9)13-4-1-2-5(6(11)12)10-3-4;;/h3-9,11,13,16,23H,10,12,14H2,1-2H3,(H,30,35)(H,32,33,34);3-4,6,8,10,16H,5,7,9H2,1-2H3,(H2,22,26)(H,24,27);3-7,10,13H,8-9,11,20H2,1-2H3,(H,22,23,24);1-3,7H,(H,11,12);2*1H4/t16-,26-;10-,19-;13-,19-;;;/m000.../s1. The molecule has 6 aromatic heterocycles. The van der Waals surface area contributed by atoms with Crippen molar-refractivity contribution >= 4 is 99.1 Å². The van der Waals surface area contributed by atoms with E-state index in [0.29, 0.717) is 78.7 Å². The van der Waals surface area contributed by atoms with Crippen molar-refractivity contribution in [3.8, 4) is 17.2 Å². The number of aliphatic imine (C=N–C) groups is 3. The third-order valence-corrected chi connectivity index (χ3v) is 20.7. The molecule has 30 nitrogen and oxygen atoms in total. The van der Waals surface area contributed by atoms with Gasteiger partial charge in [0.1, 0.15) is 83.4 Å². The van der Waals surface area contributed by atoms with Crippen LogP contribution in [-0.2, 0) is 45.0 Å². The number of fused-ring (bicyclic) bond motifs is 3. The zero-order valence-corrected chi connectivity index (χ0v) is 61.8. The number of carboxylic acid groups (broad SMARTS) is 1. The van der Waals surface area contributed by atoms with Crippen LogP contribution in [0.2, 0.25) is 0 Å². The van der Waals surface area contributed by atoms with Gasteiger partial charge in [0, 0.05) is 45.0 Å². The quantitative estimate of drug-likeness (QED) is 0.0442. The van der Waals surface area contributed by atoms with Gasteiger partial charge in [-0.3, -0.25) is 29.8 Å². The minimum Gasteiger partial charge on any atom is -0.477 e. The second kappa shape index (κ2) is 36.0. The molecule has 12 heterocycles. The Bertz CT molecular complexity index is 4660. The molecule has 4 amide bonds. The number of nitrogens with two attached hydrogens (primary N) is 2. The van der Waals surface area contributed by atoms with Crippen molar-refractivity contribution in [2.24, 2.45) is 38.5 Å². The highest BCUT2D eigenvalue weighted by atomic mass is 32.1. The number of aromatic nitrogens is 6. The average molecular weight is 1620 g/mol. The molecule has 3 fully saturated rings. The average Bonchev–Trinajstić information content (AvgIpc) is 1.28. The van der Waals surface area contributed by atoms with Gasteiger partial charge in [-0.15, -0.1) is 34.0 Å². The fourth-order valence-electron chi connectivity index (χ4n) is 12.4. The van der Waals surface area contributed by atoms with Crippen LogP contribution in [0.3, 0.4) is 0 Å². The molecule has 0 saturated carbocycles. The number of alkyl halides is 6. The predicted octanol–water partition coefficient (Wildman–Crippen LogP) is 12.2. The van der Waals surface area contributed by atoms with E-state index in [1.165, 1.54) is 58.3 Å². The zero-order chi connectivity index (χ0) is 78.8. The number of carbonyl (C=O) groups is 5. The molecule has 2 aromatic carbocycles. The first-order valence-corrected chi connectivity index (χ1v) is 36.2. The van der Waals surface area contributed by atoms with Crippen molar-refractivity contribution < 1.29 is 98.1 Å². The van der Waals surface area contributed by atoms with Crippen LogP contribution in [0.1, 0.15) is 143 Å². The first-order valence-electron chi connectivity index (χ1n) is 33.6. The summed E-state index contributed by atoms with van der Waals surface area (Å²) in [6.45, 7) is 5.22. The minimum atomic E-state index is -2.99. The molecule has 6 aliphatic heterocycles. The molecule has 3 saturated heterocycles. The minimum absolute atomic E-state index is 0. The van der Waals surface area contributed by atoms with E-state index in [9.17, 15) is 50.3 Å². The van der Waals surface area contributed by atoms with Gasteiger partial charge in [0.25, 0.3) is 41.7 Å². The summed E-state index contributed by atoms with van der Waals surface area (Å²) in [5.41, 5.74) is 9.12. The van der Waals surface area contributed by atoms with Crippen LogP contribution < -0.4 is 46.9 Å². The lowest BCUT2D eigenvalue weighted by Gasteiger charge is -2.47. The maximum atomic E-state index is 12.7. The second-order valence-corrected chi connectivity index (χ2v) is 29.7. The summed E-state index contributed by atoms with van der Waals surface area (Å²) in [6, 6.07) is 25.3. The van der Waals surface area contributed by atoms with Crippen LogP contribution in [0.25, 0.3) is 0 Å². The lowest BCUT2D eigenvalue weighted by atomic mass is 9.76. The number of amides is 4. The Morgan fingerprint density at radius 2 is 0.812 bits per heavy atom. The number of ether oxygens (including phenoxy) is 9. The third kappa shape index (κ3) is 21.2. The van der Waals surface area contributed by atoms with E-state index in [-0.39, 0.29) is 120 Å². The smallest absolute Gasteiger partial charge is 0.387 e. The van der Waals surface area contributed by atoms with Gasteiger partial charge >= 0.3 is 25.8 Å². The van der Waals surface area contributed by atoms with Crippen molar-refractivity contribution in [3.63, 3.8) is 0 Å². The number of nitrogen functional groups attached to an aromatic ring is 1. The number of amidine groups is 3. The molecule has 39 heteroatoms. The predicted molar refractivity (Wildman–Crippen MR) is 401 cm³/mol. The Labute approximate surface area is 650 Å². The molecule has 0 radical (unpaired) electrons. The number of nitrogens with one attached hydrogen (secondary N) is 4. The monoisotopic (exact) mass is 1620 g/mol. The zero-order valence-electron chi connectivity index (χ0n) is 59.4. The summed E-state index contributed by atoms with van der Waals surface area (Å²) >= 11 is 4.08. The summed E-state index contributed by atoms with van der Waals surface area (Å²) in [5, 5.41) is 26.4. The van der Waals surface area contributed by atoms with Gasteiger partial charge in [-0.2, -0.15) is 26.3 Å². The molecule has 6 atom stereocenters. The molecule has 14 rings (SSSR count). The number of carbonyl (C=O) groups excluding carboxylic acids is 4. The first kappa shape index (κ1) is 85.0. The van der Waals surface area contributed by atoms with Crippen molar-refractivity contribution in [1.82, 2.24) is 40.5 Å². The SMILES string of the molecule is C.C.CC1(C)C[C@H]2COC(N)=N[C@@]2(c2nc(NC(=O)c3ccc(OC(F)F)cn3)cs2)CO1.CC1(C)C[C@H]2COC(NC(=O)c3ccccc3)=N[C@@]2(c2nc(N)cs2)CO1.CC1(C)C[C@H]2COC(NC(=O)c3ccccc3)=N[C@@]2(c2nc(NC(=O)c3ccc(OC(F)F)cn3)cs2)CO1.O=C(O)c1ccc(OC(F)F)cn1. The summed E-state index contributed by atoms with van der Waals surface area (Å²) in [6.07, 6.45) is 5.14. The molecule has 0 unspecified atom stereocenters. The molecular weight excluding hydrogens is 1540 g/mol. The van der Waals surface area contributed by atoms with E-state index in [0.717, 1.165) is 42.2 Å². The molecule has 0 aliphatic carbocycles. The molecule has 112 heavy (non-hydrogen) atoms. The normalized spacial score (nSPS) is 22.0. The summed E-state index contributed by atoms with van der Waals surface area (Å²) in [5.74, 6) is -2.36. The molecular formula is C73H81F6N15O15S3. The van der Waals surface area contributed by atoms with Gasteiger partial charge in [0.05, 0.1) is 75.0 Å². The fourth-order valence-corrected chi connectivity index (χ4v) is 15.2. The van der Waals surface area contributed by atoms with Crippen molar-refractivity contribution in [1.29, 1.82) is 0 Å². The van der Waals surface area contributed by atoms with Crippen LogP contribution in [-0.4, -0.2) is 159 Å². The third-order valence-electron chi connectivity index (χ3n) is 17.7. The van der Waals surface area contributed by atoms with E-state index in [1.54, 1.807) is 52.5 Å². The Morgan fingerprint density at radius 1 is 0.464 bits per heavy atom. The number of carboxylic acids is 1. The van der Waals surface area contributed by atoms with E-state index in [2.05, 4.69) is 84.2 Å². The van der Waals surface area contributed by atoms with Gasteiger partial charge in [-0.1, -0.05) is 51.3 Å². The Morgan fingerprint density at radius 3 is 1.15 bits per heavy atom. The number of anilines is 3. The van der Waals surface area contributed by atoms with E-state index >= 15 is 0 Å². The van der Waals surface area contributed by atoms with Crippen LogP contribution in [0.15, 0.2) is 147 Å². The van der Waals surface area contributed by atoms with Crippen molar-refractivity contribution in [3.05, 3.63) is 175 Å². The maximum Gasteiger partial charge on any atom is 0.387 e. The molecule has 0 bridgehead atoms. The number of hydrogen-bond donors (Lipinski definition) is 7. The second-order valence-electron chi connectivity index (χ2n) is 27.1. The first-order chi connectivity index (χ1) is 52.3. The van der Waals surface area contributed by atoms with Gasteiger partial charge in [-0.25, -0.2) is 49.7 Å². The van der Waals surface area contributed by atoms with Gasteiger partial charge in [0.15, 0.2) is 0 Å². The van der Waals surface area contributed by atoms with Crippen LogP contribution in [0.5, 0.6) is 17.2 Å². The molecule has 8 aromatic rings. The molecule has 9 N–H and O–H groups in total. The topological polar surface area (TPSA) is 403 Å². The van der Waals surface area contributed by atoms with Gasteiger partial charge < -0.3 is 69.8 Å². The number of hydrogen-bond acceptors (Lipinski definition) is 28. The molecule has 598 valence electrons. The van der Waals surface area contributed by atoms with E-state index in [4.69, 9.17) is 55.0 Å². The maximum absolute atomic E-state index is 12.7. The number of halogens is 6. The van der Waals surface area contributed by atoms with Gasteiger partial charge in [0.2, 0.25) is 0 Å². The largest absolute Gasteiger partial charge is 0.477 e. The molecule has 0 spiro atoms. The Balaban J connectivity index is 0.000000179. The van der Waals surface area contributed by atoms with Crippen LogP contribution >= 0.6 is 34.0 Å². The number of pyridine rings is 3. The highest BCUT2D eigenvalue weighted by molar-refractivity contribution is 7.10. The van der Waals surface area contributed by atoms with E-state index < -0.39 is 59.8 Å². The van der Waals surface area contributed by atoms with Crippen molar-refractivity contribution in [2.45, 2.75) is 129 Å². The lowest BCUT2D eigenvalue weighted by molar-refractivity contribution is -0.128. The Kier molecular flexibility index (Phi) is 27.3. The number of thiazole rings is 3. The molecule has 6 aliphatic rings. The highest BCUT2D eigenvalue weighted by Gasteiger charge is 2.56. The van der Waals surface area contributed by atoms with E-state index in [1.807, 2.05) is 52.0 Å². The number of rotatable bonds is 16. The number of benzene rings is 2. The van der Waals surface area contributed by atoms with Crippen LogP contribution in [0.4, 0.5) is 43.8 Å². The van der Waals surface area contributed by atoms with Gasteiger partial charge in [-0.05, 0) is 121 Å². The summed E-state index contributed by atoms with van der Waals surface area (Å²) in [7, 11) is 0. The highest BCUT2D eigenvalue weighted by Crippen LogP contribution is 2.51.